The van der Waals surface area contributed by atoms with Crippen molar-refractivity contribution in [1.82, 2.24) is 10.2 Å². The summed E-state index contributed by atoms with van der Waals surface area (Å²) < 4.78 is 5.70. The van der Waals surface area contributed by atoms with Gasteiger partial charge in [0, 0.05) is 31.5 Å². The summed E-state index contributed by atoms with van der Waals surface area (Å²) in [5, 5.41) is 12.3. The zero-order valence-electron chi connectivity index (χ0n) is 19.8. The number of amides is 2. The van der Waals surface area contributed by atoms with Crippen molar-refractivity contribution in [2.45, 2.75) is 50.5 Å². The number of piperidine rings is 1. The highest BCUT2D eigenvalue weighted by atomic mass is 16.5. The number of benzene rings is 2. The third-order valence-electron chi connectivity index (χ3n) is 7.87. The molecule has 2 N–H and O–H groups in total. The number of likely N-dealkylation sites (tertiary alicyclic amines) is 1. The molecule has 2 aromatic rings. The van der Waals surface area contributed by atoms with Gasteiger partial charge in [0.15, 0.2) is 0 Å². The highest BCUT2D eigenvalue weighted by Crippen LogP contribution is 2.44. The van der Waals surface area contributed by atoms with Gasteiger partial charge in [0.2, 0.25) is 5.91 Å². The fraction of sp³-hybridized carbons (Fsp3) is 0.464. The van der Waals surface area contributed by atoms with Crippen molar-refractivity contribution in [1.29, 1.82) is 0 Å². The molecule has 2 fully saturated rings. The fourth-order valence-corrected chi connectivity index (χ4v) is 6.02. The average molecular weight is 477 g/mol. The van der Waals surface area contributed by atoms with Crippen LogP contribution in [0.2, 0.25) is 0 Å². The SMILES string of the molecule is O=C(NC1CCCC1CC(=O)N1CCCC(C(=O)O)C1)OCC1c2ccccc2-c2ccccc21. The summed E-state index contributed by atoms with van der Waals surface area (Å²) in [6.45, 7) is 1.16. The first-order valence-corrected chi connectivity index (χ1v) is 12.6. The Hall–Kier alpha value is -3.35. The molecule has 3 aliphatic rings. The highest BCUT2D eigenvalue weighted by Gasteiger charge is 2.35. The molecule has 0 radical (unpaired) electrons. The van der Waals surface area contributed by atoms with Crippen molar-refractivity contribution < 1.29 is 24.2 Å². The van der Waals surface area contributed by atoms with Crippen LogP contribution in [0.3, 0.4) is 0 Å². The number of rotatable bonds is 6. The zero-order valence-corrected chi connectivity index (χ0v) is 19.8. The van der Waals surface area contributed by atoms with E-state index in [0.29, 0.717) is 19.4 Å². The lowest BCUT2D eigenvalue weighted by atomic mass is 9.95. The van der Waals surface area contributed by atoms with Gasteiger partial charge in [-0.3, -0.25) is 9.59 Å². The normalized spacial score (nSPS) is 23.4. The van der Waals surface area contributed by atoms with Crippen molar-refractivity contribution in [2.75, 3.05) is 19.7 Å². The van der Waals surface area contributed by atoms with Gasteiger partial charge in [-0.2, -0.15) is 0 Å². The molecular weight excluding hydrogens is 444 g/mol. The van der Waals surface area contributed by atoms with Gasteiger partial charge in [-0.15, -0.1) is 0 Å². The van der Waals surface area contributed by atoms with Crippen molar-refractivity contribution in [3.63, 3.8) is 0 Å². The van der Waals surface area contributed by atoms with Gasteiger partial charge in [-0.05, 0) is 53.9 Å². The smallest absolute Gasteiger partial charge is 0.407 e. The fourth-order valence-electron chi connectivity index (χ4n) is 6.02. The molecule has 2 aliphatic carbocycles. The second-order valence-electron chi connectivity index (χ2n) is 9.99. The molecule has 7 nitrogen and oxygen atoms in total. The van der Waals surface area contributed by atoms with Crippen LogP contribution in [0, 0.1) is 11.8 Å². The minimum Gasteiger partial charge on any atom is -0.481 e. The van der Waals surface area contributed by atoms with Crippen LogP contribution >= 0.6 is 0 Å². The number of nitrogens with one attached hydrogen (secondary N) is 1. The van der Waals surface area contributed by atoms with E-state index in [4.69, 9.17) is 4.74 Å². The van der Waals surface area contributed by atoms with E-state index >= 15 is 0 Å². The summed E-state index contributed by atoms with van der Waals surface area (Å²) in [6, 6.07) is 16.4. The van der Waals surface area contributed by atoms with Crippen molar-refractivity contribution >= 4 is 18.0 Å². The van der Waals surface area contributed by atoms with Gasteiger partial charge in [-0.25, -0.2) is 4.79 Å². The minimum atomic E-state index is -0.835. The lowest BCUT2D eigenvalue weighted by Gasteiger charge is -2.32. The molecule has 3 atom stereocenters. The largest absolute Gasteiger partial charge is 0.481 e. The molecule has 2 amide bonds. The monoisotopic (exact) mass is 476 g/mol. The van der Waals surface area contributed by atoms with E-state index in [1.54, 1.807) is 4.90 Å². The number of alkyl carbamates (subject to hydrolysis) is 1. The standard InChI is InChI=1S/C28H32N2O5/c31-26(30-14-6-8-19(16-30)27(32)33)15-18-7-5-13-25(18)29-28(34)35-17-24-22-11-3-1-9-20(22)21-10-2-4-12-23(21)24/h1-4,9-12,18-19,24-25H,5-8,13-17H2,(H,29,34)(H,32,33). The molecule has 1 saturated heterocycles. The molecule has 7 heteroatoms. The Kier molecular flexibility index (Phi) is 6.75. The number of carboxylic acid groups (broad SMARTS) is 1. The van der Waals surface area contributed by atoms with Crippen molar-refractivity contribution in [3.05, 3.63) is 59.7 Å². The number of carbonyl (C=O) groups is 3. The number of fused-ring (bicyclic) bond motifs is 3. The molecule has 184 valence electrons. The maximum absolute atomic E-state index is 12.9. The summed E-state index contributed by atoms with van der Waals surface area (Å²) in [5.41, 5.74) is 4.72. The number of hydrogen-bond donors (Lipinski definition) is 2. The van der Waals surface area contributed by atoms with Crippen LogP contribution < -0.4 is 5.32 Å². The molecule has 2 aromatic carbocycles. The quantitative estimate of drug-likeness (QED) is 0.644. The van der Waals surface area contributed by atoms with Gasteiger partial charge < -0.3 is 20.1 Å². The van der Waals surface area contributed by atoms with Gasteiger partial charge in [-0.1, -0.05) is 55.0 Å². The number of aliphatic carboxylic acids is 1. The Bertz CT molecular complexity index is 1070. The van der Waals surface area contributed by atoms with Crippen LogP contribution in [0.4, 0.5) is 4.79 Å². The number of hydrogen-bond acceptors (Lipinski definition) is 4. The van der Waals surface area contributed by atoms with E-state index < -0.39 is 18.0 Å². The molecule has 0 bridgehead atoms. The van der Waals surface area contributed by atoms with E-state index in [9.17, 15) is 19.5 Å². The van der Waals surface area contributed by atoms with E-state index in [1.165, 1.54) is 22.3 Å². The zero-order chi connectivity index (χ0) is 24.4. The van der Waals surface area contributed by atoms with Crippen LogP contribution in [0.5, 0.6) is 0 Å². The molecule has 1 saturated carbocycles. The third-order valence-corrected chi connectivity index (χ3v) is 7.87. The van der Waals surface area contributed by atoms with Gasteiger partial charge in [0.05, 0.1) is 5.92 Å². The van der Waals surface area contributed by atoms with Crippen LogP contribution in [-0.2, 0) is 14.3 Å². The molecule has 0 spiro atoms. The minimum absolute atomic E-state index is 0.00962. The van der Waals surface area contributed by atoms with E-state index in [1.807, 2.05) is 24.3 Å². The molecule has 3 unspecified atom stereocenters. The first-order chi connectivity index (χ1) is 17.0. The Morgan fingerprint density at radius 3 is 2.31 bits per heavy atom. The number of nitrogens with zero attached hydrogens (tertiary/aromatic N) is 1. The summed E-state index contributed by atoms with van der Waals surface area (Å²) in [5.74, 6) is -1.27. The van der Waals surface area contributed by atoms with Gasteiger partial charge in [0.1, 0.15) is 6.61 Å². The lowest BCUT2D eigenvalue weighted by molar-refractivity contribution is -0.145. The Morgan fingerprint density at radius 1 is 0.943 bits per heavy atom. The summed E-state index contributed by atoms with van der Waals surface area (Å²) >= 11 is 0. The first kappa shape index (κ1) is 23.4. The van der Waals surface area contributed by atoms with E-state index in [0.717, 1.165) is 25.7 Å². The second kappa shape index (κ2) is 10.1. The van der Waals surface area contributed by atoms with Crippen LogP contribution in [0.15, 0.2) is 48.5 Å². The Balaban J connectivity index is 1.16. The van der Waals surface area contributed by atoms with Crippen LogP contribution in [0.1, 0.15) is 55.6 Å². The summed E-state index contributed by atoms with van der Waals surface area (Å²) in [6.07, 6.45) is 3.87. The van der Waals surface area contributed by atoms with E-state index in [2.05, 4.69) is 29.6 Å². The molecule has 0 aromatic heterocycles. The van der Waals surface area contributed by atoms with Crippen LogP contribution in [-0.4, -0.2) is 53.7 Å². The van der Waals surface area contributed by atoms with Gasteiger partial charge in [0.25, 0.3) is 0 Å². The number of carbonyl (C=O) groups excluding carboxylic acids is 2. The average Bonchev–Trinajstić information content (AvgIpc) is 3.44. The number of carboxylic acids is 1. The topological polar surface area (TPSA) is 95.9 Å². The Labute approximate surface area is 205 Å². The summed E-state index contributed by atoms with van der Waals surface area (Å²) in [7, 11) is 0. The van der Waals surface area contributed by atoms with E-state index in [-0.39, 0.29) is 36.9 Å². The van der Waals surface area contributed by atoms with Crippen molar-refractivity contribution in [2.24, 2.45) is 11.8 Å². The maximum atomic E-state index is 12.9. The summed E-state index contributed by atoms with van der Waals surface area (Å²) in [4.78, 5) is 38.6. The predicted octanol–water partition coefficient (Wildman–Crippen LogP) is 4.41. The highest BCUT2D eigenvalue weighted by molar-refractivity contribution is 5.80. The number of ether oxygens (including phenoxy) is 1. The molecule has 1 aliphatic heterocycles. The van der Waals surface area contributed by atoms with Crippen molar-refractivity contribution in [3.8, 4) is 11.1 Å². The molecule has 1 heterocycles. The molecule has 35 heavy (non-hydrogen) atoms. The predicted molar refractivity (Wildman–Crippen MR) is 131 cm³/mol. The molecule has 5 rings (SSSR count). The third kappa shape index (κ3) is 4.90. The second-order valence-corrected chi connectivity index (χ2v) is 9.99. The maximum Gasteiger partial charge on any atom is 0.407 e. The Morgan fingerprint density at radius 2 is 1.63 bits per heavy atom. The van der Waals surface area contributed by atoms with Gasteiger partial charge >= 0.3 is 12.1 Å². The molecular formula is C28H32N2O5. The van der Waals surface area contributed by atoms with Crippen LogP contribution in [0.25, 0.3) is 11.1 Å². The first-order valence-electron chi connectivity index (χ1n) is 12.6. The lowest BCUT2D eigenvalue weighted by Crippen LogP contribution is -2.44.